The van der Waals surface area contributed by atoms with E-state index in [4.69, 9.17) is 0 Å². The summed E-state index contributed by atoms with van der Waals surface area (Å²) in [5, 5.41) is 2.49. The molecule has 0 heterocycles. The third kappa shape index (κ3) is 2.06. The highest BCUT2D eigenvalue weighted by Crippen LogP contribution is 2.29. The second-order valence-corrected chi connectivity index (χ2v) is 5.67. The van der Waals surface area contributed by atoms with Crippen molar-refractivity contribution >= 4 is 17.9 Å². The van der Waals surface area contributed by atoms with Gasteiger partial charge < -0.3 is 0 Å². The summed E-state index contributed by atoms with van der Waals surface area (Å²) in [5.74, 6) is 0.218. The Morgan fingerprint density at radius 2 is 1.57 bits per heavy atom. The standard InChI is InChI=1S/C20H16O/c21-20-18-8-4-3-6-15(18)11-12-19(20)17-10-9-14-5-1-2-7-16(14)13-17/h1-9,13H,10-12H2. The molecular formula is C20H16O. The van der Waals surface area contributed by atoms with Crippen LogP contribution in [-0.2, 0) is 6.42 Å². The van der Waals surface area contributed by atoms with Crippen LogP contribution in [0.3, 0.4) is 0 Å². The third-order valence-electron chi connectivity index (χ3n) is 4.44. The molecule has 0 spiro atoms. The predicted octanol–water partition coefficient (Wildman–Crippen LogP) is 2.78. The van der Waals surface area contributed by atoms with Gasteiger partial charge in [0, 0.05) is 11.1 Å². The first-order chi connectivity index (χ1) is 10.3. The van der Waals surface area contributed by atoms with Crippen molar-refractivity contribution in [2.24, 2.45) is 0 Å². The number of carbonyl (C=O) groups is 1. The minimum Gasteiger partial charge on any atom is -0.289 e. The van der Waals surface area contributed by atoms with Crippen molar-refractivity contribution < 1.29 is 4.79 Å². The smallest absolute Gasteiger partial charge is 0.189 e. The molecule has 1 nitrogen and oxygen atoms in total. The topological polar surface area (TPSA) is 17.1 Å². The van der Waals surface area contributed by atoms with Crippen molar-refractivity contribution in [3.05, 3.63) is 81.2 Å². The van der Waals surface area contributed by atoms with Gasteiger partial charge in [-0.25, -0.2) is 0 Å². The van der Waals surface area contributed by atoms with E-state index in [2.05, 4.69) is 42.5 Å². The van der Waals surface area contributed by atoms with Gasteiger partial charge >= 0.3 is 0 Å². The molecule has 2 aliphatic carbocycles. The third-order valence-corrected chi connectivity index (χ3v) is 4.44. The summed E-state index contributed by atoms with van der Waals surface area (Å²) in [7, 11) is 0. The highest BCUT2D eigenvalue weighted by Gasteiger charge is 2.23. The normalized spacial score (nSPS) is 20.1. The molecule has 0 amide bonds. The van der Waals surface area contributed by atoms with Crippen LogP contribution in [0.15, 0.2) is 59.7 Å². The van der Waals surface area contributed by atoms with Crippen molar-refractivity contribution in [1.82, 2.24) is 0 Å². The highest BCUT2D eigenvalue weighted by atomic mass is 16.1. The Bertz CT molecular complexity index is 884. The maximum Gasteiger partial charge on any atom is 0.189 e. The molecule has 0 bridgehead atoms. The number of hydrogen-bond acceptors (Lipinski definition) is 1. The molecule has 0 saturated carbocycles. The second kappa shape index (κ2) is 4.85. The van der Waals surface area contributed by atoms with Gasteiger partial charge in [-0.05, 0) is 40.8 Å². The average Bonchev–Trinajstić information content (AvgIpc) is 2.55. The van der Waals surface area contributed by atoms with E-state index in [1.807, 2.05) is 18.2 Å². The van der Waals surface area contributed by atoms with E-state index in [1.165, 1.54) is 21.6 Å². The van der Waals surface area contributed by atoms with E-state index < -0.39 is 0 Å². The number of Topliss-reactive ketones (excluding diaryl/α,β-unsaturated/α-hetero) is 1. The first kappa shape index (κ1) is 12.3. The first-order valence-electron chi connectivity index (χ1n) is 7.44. The fourth-order valence-electron chi connectivity index (χ4n) is 3.31. The molecule has 0 radical (unpaired) electrons. The van der Waals surface area contributed by atoms with Crippen molar-refractivity contribution in [2.45, 2.75) is 19.3 Å². The summed E-state index contributed by atoms with van der Waals surface area (Å²) in [6.07, 6.45) is 7.11. The predicted molar refractivity (Wildman–Crippen MR) is 85.4 cm³/mol. The van der Waals surface area contributed by atoms with Gasteiger partial charge in [-0.1, -0.05) is 60.7 Å². The highest BCUT2D eigenvalue weighted by molar-refractivity contribution is 6.12. The van der Waals surface area contributed by atoms with Gasteiger partial charge in [0.1, 0.15) is 0 Å². The molecule has 102 valence electrons. The number of fused-ring (bicyclic) bond motifs is 2. The first-order valence-corrected chi connectivity index (χ1v) is 7.44. The van der Waals surface area contributed by atoms with E-state index in [0.29, 0.717) is 0 Å². The molecule has 1 heteroatoms. The maximum absolute atomic E-state index is 12.7. The molecule has 0 unspecified atom stereocenters. The lowest BCUT2D eigenvalue weighted by molar-refractivity contribution is 0.102. The van der Waals surface area contributed by atoms with E-state index in [0.717, 1.165) is 30.4 Å². The number of hydrogen-bond donors (Lipinski definition) is 0. The van der Waals surface area contributed by atoms with Crippen molar-refractivity contribution in [3.63, 3.8) is 0 Å². The van der Waals surface area contributed by atoms with Crippen LogP contribution in [0.1, 0.15) is 28.8 Å². The van der Waals surface area contributed by atoms with Gasteiger partial charge in [0.15, 0.2) is 5.78 Å². The largest absolute Gasteiger partial charge is 0.289 e. The molecule has 21 heavy (non-hydrogen) atoms. The zero-order valence-electron chi connectivity index (χ0n) is 11.8. The Morgan fingerprint density at radius 3 is 2.48 bits per heavy atom. The van der Waals surface area contributed by atoms with E-state index >= 15 is 0 Å². The summed E-state index contributed by atoms with van der Waals surface area (Å²) in [6.45, 7) is 0. The summed E-state index contributed by atoms with van der Waals surface area (Å²) in [4.78, 5) is 12.7. The monoisotopic (exact) mass is 272 g/mol. The molecule has 0 aliphatic heterocycles. The Morgan fingerprint density at radius 1 is 0.810 bits per heavy atom. The van der Waals surface area contributed by atoms with Gasteiger partial charge in [0.2, 0.25) is 0 Å². The fourth-order valence-corrected chi connectivity index (χ4v) is 3.31. The minimum atomic E-state index is 0.218. The Hall–Kier alpha value is -2.41. The lowest BCUT2D eigenvalue weighted by atomic mass is 9.83. The Balaban J connectivity index is 1.85. The number of carbonyl (C=O) groups excluding carboxylic acids is 1. The molecule has 2 aliphatic rings. The SMILES string of the molecule is O=C1C(=C2C=c3ccccc3=CC2)CCc2ccccc21. The molecule has 2 aromatic rings. The van der Waals surface area contributed by atoms with Crippen LogP contribution in [0, 0.1) is 0 Å². The van der Waals surface area contributed by atoms with E-state index in [-0.39, 0.29) is 5.78 Å². The Labute approximate surface area is 123 Å². The lowest BCUT2D eigenvalue weighted by Gasteiger charge is -2.20. The second-order valence-electron chi connectivity index (χ2n) is 5.67. The maximum atomic E-state index is 12.7. The van der Waals surface area contributed by atoms with Crippen LogP contribution in [0.4, 0.5) is 0 Å². The van der Waals surface area contributed by atoms with E-state index in [9.17, 15) is 4.79 Å². The van der Waals surface area contributed by atoms with Crippen LogP contribution >= 0.6 is 0 Å². The molecule has 0 saturated heterocycles. The van der Waals surface area contributed by atoms with E-state index in [1.54, 1.807) is 0 Å². The number of ketones is 1. The molecule has 0 aromatic heterocycles. The zero-order valence-corrected chi connectivity index (χ0v) is 11.8. The van der Waals surface area contributed by atoms with Crippen LogP contribution in [0.5, 0.6) is 0 Å². The summed E-state index contributed by atoms with van der Waals surface area (Å²) < 4.78 is 0. The number of benzene rings is 2. The molecular weight excluding hydrogens is 256 g/mol. The summed E-state index contributed by atoms with van der Waals surface area (Å²) in [6, 6.07) is 16.4. The van der Waals surface area contributed by atoms with Gasteiger partial charge in [-0.15, -0.1) is 0 Å². The molecule has 0 fully saturated rings. The fraction of sp³-hybridized carbons (Fsp3) is 0.150. The van der Waals surface area contributed by atoms with Crippen molar-refractivity contribution in [2.75, 3.05) is 0 Å². The van der Waals surface area contributed by atoms with Crippen LogP contribution in [-0.4, -0.2) is 5.78 Å². The molecule has 4 rings (SSSR count). The number of rotatable bonds is 0. The van der Waals surface area contributed by atoms with Crippen LogP contribution < -0.4 is 10.4 Å². The average molecular weight is 272 g/mol. The summed E-state index contributed by atoms with van der Waals surface area (Å²) in [5.41, 5.74) is 4.26. The number of aryl methyl sites for hydroxylation is 1. The van der Waals surface area contributed by atoms with Crippen LogP contribution in [0.2, 0.25) is 0 Å². The quantitative estimate of drug-likeness (QED) is 0.674. The van der Waals surface area contributed by atoms with Crippen molar-refractivity contribution in [1.29, 1.82) is 0 Å². The molecule has 0 atom stereocenters. The zero-order chi connectivity index (χ0) is 14.2. The van der Waals surface area contributed by atoms with Gasteiger partial charge in [-0.2, -0.15) is 0 Å². The van der Waals surface area contributed by atoms with Crippen LogP contribution in [0.25, 0.3) is 12.2 Å². The Kier molecular flexibility index (Phi) is 2.85. The molecule has 0 N–H and O–H groups in total. The lowest BCUT2D eigenvalue weighted by Crippen LogP contribution is -2.27. The minimum absolute atomic E-state index is 0.218. The summed E-state index contributed by atoms with van der Waals surface area (Å²) >= 11 is 0. The van der Waals surface area contributed by atoms with Crippen molar-refractivity contribution in [3.8, 4) is 0 Å². The number of allylic oxidation sites excluding steroid dienone is 2. The van der Waals surface area contributed by atoms with Gasteiger partial charge in [0.05, 0.1) is 0 Å². The molecule has 2 aromatic carbocycles. The van der Waals surface area contributed by atoms with Gasteiger partial charge in [-0.3, -0.25) is 4.79 Å². The van der Waals surface area contributed by atoms with Gasteiger partial charge in [0.25, 0.3) is 0 Å².